The van der Waals surface area contributed by atoms with Crippen LogP contribution in [0.4, 0.5) is 10.1 Å². The number of para-hydroxylation sites is 1. The van der Waals surface area contributed by atoms with E-state index in [-0.39, 0.29) is 11.9 Å². The molecule has 2 unspecified atom stereocenters. The van der Waals surface area contributed by atoms with Crippen LogP contribution in [0, 0.1) is 5.82 Å². The zero-order valence-corrected chi connectivity index (χ0v) is 8.84. The van der Waals surface area contributed by atoms with Crippen molar-refractivity contribution in [1.82, 2.24) is 0 Å². The first-order valence-corrected chi connectivity index (χ1v) is 5.42. The topological polar surface area (TPSA) is 49.3 Å². The van der Waals surface area contributed by atoms with Crippen molar-refractivity contribution >= 4 is 23.4 Å². The summed E-state index contributed by atoms with van der Waals surface area (Å²) < 4.78 is 13.3. The van der Waals surface area contributed by atoms with Gasteiger partial charge in [-0.05, 0) is 19.1 Å². The van der Waals surface area contributed by atoms with E-state index < -0.39 is 11.2 Å². The summed E-state index contributed by atoms with van der Waals surface area (Å²) in [5.74, 6) is -1.22. The van der Waals surface area contributed by atoms with Gasteiger partial charge >= 0.3 is 5.97 Å². The minimum absolute atomic E-state index is 0.281. The van der Waals surface area contributed by atoms with Gasteiger partial charge in [0, 0.05) is 10.9 Å². The van der Waals surface area contributed by atoms with Crippen molar-refractivity contribution in [3.63, 3.8) is 0 Å². The number of anilines is 1. The Balaban J connectivity index is 2.38. The smallest absolute Gasteiger partial charge is 0.319 e. The summed E-state index contributed by atoms with van der Waals surface area (Å²) in [4.78, 5) is 11.6. The molecule has 0 aliphatic carbocycles. The Morgan fingerprint density at radius 1 is 1.60 bits per heavy atom. The number of nitrogens with one attached hydrogen (secondary N) is 1. The number of aliphatic carboxylic acids is 1. The minimum Gasteiger partial charge on any atom is -0.480 e. The van der Waals surface area contributed by atoms with Crippen LogP contribution in [0.3, 0.4) is 0 Å². The molecule has 0 amide bonds. The first-order chi connectivity index (χ1) is 7.09. The van der Waals surface area contributed by atoms with Gasteiger partial charge in [-0.25, -0.2) is 4.39 Å². The summed E-state index contributed by atoms with van der Waals surface area (Å²) >= 11 is 1.19. The van der Waals surface area contributed by atoms with Gasteiger partial charge in [-0.1, -0.05) is 6.07 Å². The SMILES string of the molecule is CC1Nc2c(F)cccc2SC1C(=O)O. The standard InChI is InChI=1S/C10H10FNO2S/c1-5-9(10(13)14)15-7-4-2-3-6(11)8(7)12-5/h2-5,9,12H,1H3,(H,13,14). The molecule has 1 heterocycles. The van der Waals surface area contributed by atoms with Crippen LogP contribution in [0.1, 0.15) is 6.92 Å². The van der Waals surface area contributed by atoms with Crippen LogP contribution >= 0.6 is 11.8 Å². The van der Waals surface area contributed by atoms with Gasteiger partial charge in [0.25, 0.3) is 0 Å². The highest BCUT2D eigenvalue weighted by molar-refractivity contribution is 8.00. The van der Waals surface area contributed by atoms with E-state index in [0.29, 0.717) is 10.6 Å². The number of hydrogen-bond acceptors (Lipinski definition) is 3. The second kappa shape index (κ2) is 3.73. The van der Waals surface area contributed by atoms with Crippen molar-refractivity contribution in [2.75, 3.05) is 5.32 Å². The number of fused-ring (bicyclic) bond motifs is 1. The van der Waals surface area contributed by atoms with E-state index in [1.54, 1.807) is 19.1 Å². The van der Waals surface area contributed by atoms with Crippen LogP contribution in [-0.4, -0.2) is 22.4 Å². The van der Waals surface area contributed by atoms with Crippen LogP contribution in [0.15, 0.2) is 23.1 Å². The van der Waals surface area contributed by atoms with E-state index in [4.69, 9.17) is 5.11 Å². The number of thioether (sulfide) groups is 1. The van der Waals surface area contributed by atoms with Crippen LogP contribution < -0.4 is 5.32 Å². The van der Waals surface area contributed by atoms with Crippen molar-refractivity contribution in [3.8, 4) is 0 Å². The highest BCUT2D eigenvalue weighted by Crippen LogP contribution is 2.39. The van der Waals surface area contributed by atoms with E-state index >= 15 is 0 Å². The molecule has 15 heavy (non-hydrogen) atoms. The van der Waals surface area contributed by atoms with Crippen LogP contribution in [-0.2, 0) is 4.79 Å². The third-order valence-electron chi connectivity index (χ3n) is 2.30. The normalized spacial score (nSPS) is 24.1. The average Bonchev–Trinajstić information content (AvgIpc) is 2.18. The fourth-order valence-corrected chi connectivity index (χ4v) is 2.63. The fraction of sp³-hybridized carbons (Fsp3) is 0.300. The molecule has 80 valence electrons. The molecule has 0 spiro atoms. The van der Waals surface area contributed by atoms with Gasteiger partial charge in [-0.2, -0.15) is 0 Å². The van der Waals surface area contributed by atoms with Crippen molar-refractivity contribution in [1.29, 1.82) is 0 Å². The number of hydrogen-bond donors (Lipinski definition) is 2. The van der Waals surface area contributed by atoms with Gasteiger partial charge < -0.3 is 10.4 Å². The molecule has 0 aromatic heterocycles. The van der Waals surface area contributed by atoms with Crippen LogP contribution in [0.5, 0.6) is 0 Å². The van der Waals surface area contributed by atoms with Crippen LogP contribution in [0.25, 0.3) is 0 Å². The van der Waals surface area contributed by atoms with Crippen molar-refractivity contribution in [2.45, 2.75) is 23.1 Å². The second-order valence-electron chi connectivity index (χ2n) is 3.42. The lowest BCUT2D eigenvalue weighted by Gasteiger charge is -2.29. The summed E-state index contributed by atoms with van der Waals surface area (Å²) in [5, 5.41) is 11.3. The van der Waals surface area contributed by atoms with Gasteiger partial charge in [0.15, 0.2) is 0 Å². The van der Waals surface area contributed by atoms with Gasteiger partial charge in [0.2, 0.25) is 0 Å². The monoisotopic (exact) mass is 227 g/mol. The van der Waals surface area contributed by atoms with E-state index in [2.05, 4.69) is 5.32 Å². The van der Waals surface area contributed by atoms with E-state index in [0.717, 1.165) is 0 Å². The Morgan fingerprint density at radius 2 is 2.33 bits per heavy atom. The molecule has 0 saturated heterocycles. The predicted molar refractivity (Wildman–Crippen MR) is 56.8 cm³/mol. The summed E-state index contributed by atoms with van der Waals surface area (Å²) in [6.07, 6.45) is 0. The first kappa shape index (κ1) is 10.3. The molecule has 5 heteroatoms. The molecule has 1 aromatic rings. The number of carboxylic acid groups (broad SMARTS) is 1. The molecule has 0 saturated carbocycles. The number of rotatable bonds is 1. The molecule has 2 rings (SSSR count). The summed E-state index contributed by atoms with van der Waals surface area (Å²) in [6.45, 7) is 1.74. The third-order valence-corrected chi connectivity index (χ3v) is 3.76. The van der Waals surface area contributed by atoms with Gasteiger partial charge in [0.05, 0.1) is 5.69 Å². The lowest BCUT2D eigenvalue weighted by Crippen LogP contribution is -2.37. The van der Waals surface area contributed by atoms with E-state index in [1.807, 2.05) is 0 Å². The van der Waals surface area contributed by atoms with Crippen molar-refractivity contribution in [2.24, 2.45) is 0 Å². The first-order valence-electron chi connectivity index (χ1n) is 4.54. The minimum atomic E-state index is -0.880. The quantitative estimate of drug-likeness (QED) is 0.772. The molecule has 0 bridgehead atoms. The maximum absolute atomic E-state index is 13.3. The molecule has 0 fully saturated rings. The highest BCUT2D eigenvalue weighted by Gasteiger charge is 2.32. The molecular formula is C10H10FNO2S. The average molecular weight is 227 g/mol. The molecule has 2 N–H and O–H groups in total. The lowest BCUT2D eigenvalue weighted by atomic mass is 10.2. The van der Waals surface area contributed by atoms with Gasteiger partial charge in [-0.3, -0.25) is 4.79 Å². The molecule has 2 atom stereocenters. The zero-order chi connectivity index (χ0) is 11.0. The van der Waals surface area contributed by atoms with E-state index in [9.17, 15) is 9.18 Å². The molecular weight excluding hydrogens is 217 g/mol. The molecule has 1 aliphatic heterocycles. The summed E-state index contributed by atoms with van der Waals surface area (Å²) in [7, 11) is 0. The summed E-state index contributed by atoms with van der Waals surface area (Å²) in [5.41, 5.74) is 0.410. The van der Waals surface area contributed by atoms with E-state index in [1.165, 1.54) is 17.8 Å². The lowest BCUT2D eigenvalue weighted by molar-refractivity contribution is -0.136. The Labute approximate surface area is 90.7 Å². The van der Waals surface area contributed by atoms with Crippen molar-refractivity contribution < 1.29 is 14.3 Å². The number of carbonyl (C=O) groups is 1. The fourth-order valence-electron chi connectivity index (χ4n) is 1.55. The highest BCUT2D eigenvalue weighted by atomic mass is 32.2. The maximum Gasteiger partial charge on any atom is 0.319 e. The second-order valence-corrected chi connectivity index (χ2v) is 4.61. The number of halogens is 1. The Kier molecular flexibility index (Phi) is 2.56. The maximum atomic E-state index is 13.3. The Morgan fingerprint density at radius 3 is 3.00 bits per heavy atom. The van der Waals surface area contributed by atoms with Gasteiger partial charge in [-0.15, -0.1) is 11.8 Å². The van der Waals surface area contributed by atoms with Crippen LogP contribution in [0.2, 0.25) is 0 Å². The molecule has 1 aromatic carbocycles. The van der Waals surface area contributed by atoms with Crippen molar-refractivity contribution in [3.05, 3.63) is 24.0 Å². The third kappa shape index (κ3) is 1.79. The molecule has 0 radical (unpaired) electrons. The zero-order valence-electron chi connectivity index (χ0n) is 8.03. The van der Waals surface area contributed by atoms with Gasteiger partial charge in [0.1, 0.15) is 11.1 Å². The predicted octanol–water partition coefficient (Wildman–Crippen LogP) is 2.18. The molecule has 3 nitrogen and oxygen atoms in total. The summed E-state index contributed by atoms with van der Waals surface area (Å²) in [6, 6.07) is 4.38. The number of benzene rings is 1. The Hall–Kier alpha value is -1.23. The molecule has 1 aliphatic rings. The number of carboxylic acids is 1. The Bertz CT molecular complexity index is 410. The largest absolute Gasteiger partial charge is 0.480 e.